The molecule has 0 unspecified atom stereocenters. The molecule has 396 valence electrons. The van der Waals surface area contributed by atoms with Crippen LogP contribution in [0.3, 0.4) is 0 Å². The van der Waals surface area contributed by atoms with E-state index in [-0.39, 0.29) is 18.4 Å². The number of allylic oxidation sites excluding steroid dienone is 2. The van der Waals surface area contributed by atoms with Crippen LogP contribution in [0.1, 0.15) is 113 Å². The number of likely N-dealkylation sites (tertiary alicyclic amines) is 1. The first-order chi connectivity index (χ1) is 35.1. The highest BCUT2D eigenvalue weighted by Gasteiger charge is 2.47. The predicted octanol–water partition coefficient (Wildman–Crippen LogP) is 9.23. The summed E-state index contributed by atoms with van der Waals surface area (Å²) >= 11 is 0. The molecule has 0 aromatic heterocycles. The minimum atomic E-state index is -0.793. The minimum absolute atomic E-state index is 0.175. The number of carbonyl (C=O) groups is 3. The average molecular weight is 1000 g/mol. The third-order valence-electron chi connectivity index (χ3n) is 14.4. The summed E-state index contributed by atoms with van der Waals surface area (Å²) in [4.78, 5) is 43.4. The van der Waals surface area contributed by atoms with E-state index in [0.29, 0.717) is 117 Å². The first kappa shape index (κ1) is 55.8. The van der Waals surface area contributed by atoms with E-state index in [1.165, 1.54) is 53.4 Å². The Morgan fingerprint density at radius 1 is 0.736 bits per heavy atom. The molecule has 1 saturated carbocycles. The highest BCUT2D eigenvalue weighted by Crippen LogP contribution is 2.55. The molecule has 1 aliphatic heterocycles. The van der Waals surface area contributed by atoms with Crippen molar-refractivity contribution in [3.63, 3.8) is 0 Å². The molecule has 1 N–H and O–H groups in total. The maximum atomic E-state index is 14.5. The minimum Gasteiger partial charge on any atom is -0.493 e. The Balaban J connectivity index is 0.971. The van der Waals surface area contributed by atoms with Crippen LogP contribution in [-0.4, -0.2) is 124 Å². The van der Waals surface area contributed by atoms with Gasteiger partial charge in [-0.3, -0.25) is 9.59 Å². The normalized spacial score (nSPS) is 20.0. The number of ether oxygens (including phenoxy) is 10. The van der Waals surface area contributed by atoms with Gasteiger partial charge in [0.15, 0.2) is 29.6 Å². The molecule has 15 heteroatoms. The second kappa shape index (κ2) is 29.3. The van der Waals surface area contributed by atoms with E-state index in [2.05, 4.69) is 18.3 Å². The van der Waals surface area contributed by atoms with Crippen LogP contribution >= 0.6 is 0 Å². The fourth-order valence-electron chi connectivity index (χ4n) is 10.4. The van der Waals surface area contributed by atoms with Gasteiger partial charge in [0.1, 0.15) is 17.9 Å². The first-order valence-electron chi connectivity index (χ1n) is 26.0. The lowest BCUT2D eigenvalue weighted by Crippen LogP contribution is -2.50. The number of nitrogens with zero attached hydrogens (tertiary/aromatic N) is 1. The number of esters is 1. The standard InChI is InChI=1S/C57H80N2O13/c1-8-44(42-36-52(65-5)55(67-7)53(37-42)66-6)56(61)59-27-10-9-19-48(59)57(62)72-49(24-21-40-22-25-50(63-3)51(34-40)64-4)41-15-12-16-43(35-41)71-38-54(60)58-26-29-69-31-33-70-32-30-68-28-13-18-46-45-17-11-14-39(2)20-23-47(45)46/h12,14-16,22,25,34-37,44-49H,8-11,13,17-21,23-24,26-33,38H2,1-7H3,(H,58,60)/b39-14-/t44-,45-,46+,47-,48-,49+/m0/s1. The van der Waals surface area contributed by atoms with Crippen LogP contribution in [0, 0.1) is 17.8 Å². The monoisotopic (exact) mass is 1000 g/mol. The SMILES string of the molecule is CC[C@H](C(=O)N1CCCC[C@H]1C(=O)O[C@H](CCc1ccc(OC)c(OC)c1)c1cccc(OCC(=O)NCCOCCOCCOCCC[C@@H]2[C@@H]3CC/C=C(/C)CC[C@@H]32)c1)c1cc(OC)c(OC)c(OC)c1. The fraction of sp³-hybridized carbons (Fsp3) is 0.596. The summed E-state index contributed by atoms with van der Waals surface area (Å²) in [5.41, 5.74) is 3.90. The molecule has 1 heterocycles. The summed E-state index contributed by atoms with van der Waals surface area (Å²) in [5.74, 6) is 4.19. The van der Waals surface area contributed by atoms with E-state index in [4.69, 9.17) is 47.4 Å². The number of nitrogens with one attached hydrogen (secondary N) is 1. The van der Waals surface area contributed by atoms with E-state index < -0.39 is 24.0 Å². The lowest BCUT2D eigenvalue weighted by Gasteiger charge is -2.37. The number of fused-ring (bicyclic) bond motifs is 1. The molecular formula is C57H80N2O13. The number of benzene rings is 3. The van der Waals surface area contributed by atoms with Crippen molar-refractivity contribution in [3.05, 3.63) is 82.9 Å². The number of rotatable bonds is 30. The first-order valence-corrected chi connectivity index (χ1v) is 26.0. The van der Waals surface area contributed by atoms with Crippen molar-refractivity contribution in [1.29, 1.82) is 0 Å². The third-order valence-corrected chi connectivity index (χ3v) is 14.4. The molecule has 3 aromatic carbocycles. The van der Waals surface area contributed by atoms with Crippen molar-refractivity contribution >= 4 is 17.8 Å². The number of hydrogen-bond acceptors (Lipinski definition) is 13. The number of carbonyl (C=O) groups excluding carboxylic acids is 3. The van der Waals surface area contributed by atoms with E-state index >= 15 is 0 Å². The topological polar surface area (TPSA) is 159 Å². The Hall–Kier alpha value is -5.51. The molecule has 6 rings (SSSR count). The zero-order valence-electron chi connectivity index (χ0n) is 43.8. The molecule has 0 spiro atoms. The van der Waals surface area contributed by atoms with Gasteiger partial charge in [-0.2, -0.15) is 0 Å². The summed E-state index contributed by atoms with van der Waals surface area (Å²) < 4.78 is 57.3. The molecule has 0 radical (unpaired) electrons. The van der Waals surface area contributed by atoms with Crippen LogP contribution < -0.4 is 33.7 Å². The van der Waals surface area contributed by atoms with Crippen molar-refractivity contribution < 1.29 is 61.8 Å². The lowest BCUT2D eigenvalue weighted by molar-refractivity contribution is -0.162. The third kappa shape index (κ3) is 16.0. The highest BCUT2D eigenvalue weighted by molar-refractivity contribution is 5.89. The van der Waals surface area contributed by atoms with Gasteiger partial charge in [-0.1, -0.05) is 36.8 Å². The number of amides is 2. The largest absolute Gasteiger partial charge is 0.493 e. The Labute approximate surface area is 427 Å². The van der Waals surface area contributed by atoms with E-state index in [9.17, 15) is 14.4 Å². The summed E-state index contributed by atoms with van der Waals surface area (Å²) in [6.07, 6.45) is 12.7. The van der Waals surface area contributed by atoms with Gasteiger partial charge in [0.25, 0.3) is 5.91 Å². The molecular weight excluding hydrogens is 921 g/mol. The Bertz CT molecular complexity index is 2190. The summed E-state index contributed by atoms with van der Waals surface area (Å²) in [5, 5.41) is 2.84. The van der Waals surface area contributed by atoms with Gasteiger partial charge in [-0.25, -0.2) is 4.79 Å². The molecule has 2 aliphatic carbocycles. The number of hydrogen-bond donors (Lipinski definition) is 1. The van der Waals surface area contributed by atoms with Gasteiger partial charge in [0.2, 0.25) is 11.7 Å². The summed E-state index contributed by atoms with van der Waals surface area (Å²) in [6.45, 7) is 7.82. The molecule has 72 heavy (non-hydrogen) atoms. The molecule has 1 saturated heterocycles. The molecule has 2 amide bonds. The van der Waals surface area contributed by atoms with Gasteiger partial charge in [-0.15, -0.1) is 0 Å². The molecule has 2 fully saturated rings. The van der Waals surface area contributed by atoms with Crippen molar-refractivity contribution in [2.75, 3.05) is 94.9 Å². The second-order valence-electron chi connectivity index (χ2n) is 19.0. The second-order valence-corrected chi connectivity index (χ2v) is 19.0. The smallest absolute Gasteiger partial charge is 0.329 e. The predicted molar refractivity (Wildman–Crippen MR) is 275 cm³/mol. The van der Waals surface area contributed by atoms with Crippen LogP contribution in [0.5, 0.6) is 34.5 Å². The number of methoxy groups -OCH3 is 5. The Morgan fingerprint density at radius 3 is 2.15 bits per heavy atom. The molecule has 6 atom stereocenters. The molecule has 15 nitrogen and oxygen atoms in total. The molecule has 3 aromatic rings. The molecule has 3 aliphatic rings. The van der Waals surface area contributed by atoms with Gasteiger partial charge in [0, 0.05) is 19.7 Å². The van der Waals surface area contributed by atoms with Gasteiger partial charge < -0.3 is 57.6 Å². The van der Waals surface area contributed by atoms with Gasteiger partial charge in [0.05, 0.1) is 74.5 Å². The van der Waals surface area contributed by atoms with E-state index in [1.807, 2.05) is 37.3 Å². The van der Waals surface area contributed by atoms with Crippen molar-refractivity contribution in [3.8, 4) is 34.5 Å². The molecule has 0 bridgehead atoms. The van der Waals surface area contributed by atoms with Crippen molar-refractivity contribution in [1.82, 2.24) is 10.2 Å². The highest BCUT2D eigenvalue weighted by atomic mass is 16.6. The fourth-order valence-corrected chi connectivity index (χ4v) is 10.4. The number of aryl methyl sites for hydroxylation is 1. The van der Waals surface area contributed by atoms with Crippen LogP contribution in [0.4, 0.5) is 0 Å². The van der Waals surface area contributed by atoms with Crippen LogP contribution in [-0.2, 0) is 39.8 Å². The summed E-state index contributed by atoms with van der Waals surface area (Å²) in [7, 11) is 7.78. The maximum Gasteiger partial charge on any atom is 0.329 e. The van der Waals surface area contributed by atoms with E-state index in [0.717, 1.165) is 49.2 Å². The van der Waals surface area contributed by atoms with E-state index in [1.54, 1.807) is 49.0 Å². The van der Waals surface area contributed by atoms with Gasteiger partial charge >= 0.3 is 5.97 Å². The van der Waals surface area contributed by atoms with Crippen LogP contribution in [0.2, 0.25) is 0 Å². The van der Waals surface area contributed by atoms with Crippen LogP contribution in [0.15, 0.2) is 66.2 Å². The van der Waals surface area contributed by atoms with Crippen molar-refractivity contribution in [2.24, 2.45) is 17.8 Å². The van der Waals surface area contributed by atoms with Crippen LogP contribution in [0.25, 0.3) is 0 Å². The Kier molecular flexibility index (Phi) is 22.7. The number of piperidine rings is 1. The Morgan fingerprint density at radius 2 is 1.44 bits per heavy atom. The zero-order valence-corrected chi connectivity index (χ0v) is 43.8. The zero-order chi connectivity index (χ0) is 51.2. The van der Waals surface area contributed by atoms with Gasteiger partial charge in [-0.05, 0) is 155 Å². The average Bonchev–Trinajstić information content (AvgIpc) is 4.07. The summed E-state index contributed by atoms with van der Waals surface area (Å²) in [6, 6.07) is 15.7. The quantitative estimate of drug-likeness (QED) is 0.0383. The maximum absolute atomic E-state index is 14.5. The lowest BCUT2D eigenvalue weighted by atomic mass is 9.91. The van der Waals surface area contributed by atoms with Crippen molar-refractivity contribution in [2.45, 2.75) is 109 Å².